The molecule has 0 bridgehead atoms. The Balaban J connectivity index is 3.59. The standard InChI is InChI=1S/C10H11ClO6S/c1-15-7-4-6(10(12)17-3)5-8(16-2)9(7)18(11,13)14/h4-5H,1-3H3. The average molecular weight is 295 g/mol. The van der Waals surface area contributed by atoms with E-state index in [2.05, 4.69) is 4.74 Å². The third-order valence-electron chi connectivity index (χ3n) is 2.13. The van der Waals surface area contributed by atoms with Crippen molar-refractivity contribution in [2.45, 2.75) is 4.90 Å². The van der Waals surface area contributed by atoms with Crippen molar-refractivity contribution in [1.82, 2.24) is 0 Å². The van der Waals surface area contributed by atoms with Gasteiger partial charge in [0.25, 0.3) is 9.05 Å². The van der Waals surface area contributed by atoms with Crippen molar-refractivity contribution in [3.63, 3.8) is 0 Å². The molecule has 1 aromatic carbocycles. The Morgan fingerprint density at radius 1 is 1.11 bits per heavy atom. The van der Waals surface area contributed by atoms with Crippen LogP contribution in [0.2, 0.25) is 0 Å². The first-order valence-corrected chi connectivity index (χ1v) is 6.95. The smallest absolute Gasteiger partial charge is 0.338 e. The van der Waals surface area contributed by atoms with E-state index in [0.29, 0.717) is 0 Å². The average Bonchev–Trinajstić information content (AvgIpc) is 2.34. The van der Waals surface area contributed by atoms with E-state index in [-0.39, 0.29) is 22.0 Å². The highest BCUT2D eigenvalue weighted by molar-refractivity contribution is 8.13. The molecule has 0 N–H and O–H groups in total. The van der Waals surface area contributed by atoms with Gasteiger partial charge in [0.1, 0.15) is 11.5 Å². The number of benzene rings is 1. The monoisotopic (exact) mass is 294 g/mol. The first-order chi connectivity index (χ1) is 8.35. The van der Waals surface area contributed by atoms with Crippen LogP contribution in [0.5, 0.6) is 11.5 Å². The molecule has 1 aromatic rings. The number of ether oxygens (including phenoxy) is 3. The maximum Gasteiger partial charge on any atom is 0.338 e. The maximum atomic E-state index is 11.4. The third kappa shape index (κ3) is 2.85. The van der Waals surface area contributed by atoms with Gasteiger partial charge >= 0.3 is 5.97 Å². The fraction of sp³-hybridized carbons (Fsp3) is 0.300. The number of hydrogen-bond acceptors (Lipinski definition) is 6. The van der Waals surface area contributed by atoms with Crippen LogP contribution in [0.3, 0.4) is 0 Å². The molecule has 0 aliphatic carbocycles. The highest BCUT2D eigenvalue weighted by Crippen LogP contribution is 2.37. The summed E-state index contributed by atoms with van der Waals surface area (Å²) in [4.78, 5) is 11.1. The zero-order valence-electron chi connectivity index (χ0n) is 9.89. The van der Waals surface area contributed by atoms with Crippen LogP contribution in [0.4, 0.5) is 0 Å². The Labute approximate surface area is 109 Å². The van der Waals surface area contributed by atoms with Gasteiger partial charge in [0, 0.05) is 10.7 Å². The molecule has 0 spiro atoms. The molecule has 18 heavy (non-hydrogen) atoms. The normalized spacial score (nSPS) is 10.9. The SMILES string of the molecule is COC(=O)c1cc(OC)c(S(=O)(=O)Cl)c(OC)c1. The summed E-state index contributed by atoms with van der Waals surface area (Å²) in [5.74, 6) is -0.834. The number of esters is 1. The lowest BCUT2D eigenvalue weighted by Crippen LogP contribution is -2.06. The molecule has 0 saturated heterocycles. The van der Waals surface area contributed by atoms with Crippen molar-refractivity contribution >= 4 is 25.7 Å². The second-order valence-corrected chi connectivity index (χ2v) is 5.64. The van der Waals surface area contributed by atoms with E-state index in [1.165, 1.54) is 33.5 Å². The van der Waals surface area contributed by atoms with Crippen LogP contribution in [0, 0.1) is 0 Å². The van der Waals surface area contributed by atoms with Crippen LogP contribution >= 0.6 is 10.7 Å². The molecule has 8 heteroatoms. The van der Waals surface area contributed by atoms with Gasteiger partial charge in [0.15, 0.2) is 4.90 Å². The maximum absolute atomic E-state index is 11.4. The quantitative estimate of drug-likeness (QED) is 0.617. The number of methoxy groups -OCH3 is 3. The highest BCUT2D eigenvalue weighted by Gasteiger charge is 2.25. The van der Waals surface area contributed by atoms with Gasteiger partial charge in [-0.2, -0.15) is 0 Å². The Morgan fingerprint density at radius 2 is 1.56 bits per heavy atom. The van der Waals surface area contributed by atoms with Crippen LogP contribution in [0.1, 0.15) is 10.4 Å². The van der Waals surface area contributed by atoms with E-state index in [4.69, 9.17) is 20.2 Å². The zero-order chi connectivity index (χ0) is 13.9. The number of carbonyl (C=O) groups is 1. The second-order valence-electron chi connectivity index (χ2n) is 3.14. The van der Waals surface area contributed by atoms with Crippen LogP contribution in [0.15, 0.2) is 17.0 Å². The van der Waals surface area contributed by atoms with Gasteiger partial charge in [-0.3, -0.25) is 0 Å². The summed E-state index contributed by atoms with van der Waals surface area (Å²) < 4.78 is 37.2. The summed E-state index contributed by atoms with van der Waals surface area (Å²) in [7, 11) is 4.93. The Kier molecular flexibility index (Phi) is 4.42. The van der Waals surface area contributed by atoms with Crippen molar-refractivity contribution in [3.05, 3.63) is 17.7 Å². The minimum absolute atomic E-state index is 0.0928. The number of halogens is 1. The minimum Gasteiger partial charge on any atom is -0.495 e. The van der Waals surface area contributed by atoms with E-state index < -0.39 is 15.0 Å². The van der Waals surface area contributed by atoms with Crippen molar-refractivity contribution < 1.29 is 27.4 Å². The van der Waals surface area contributed by atoms with Crippen molar-refractivity contribution in [3.8, 4) is 11.5 Å². The molecular weight excluding hydrogens is 284 g/mol. The van der Waals surface area contributed by atoms with Crippen molar-refractivity contribution in [1.29, 1.82) is 0 Å². The first kappa shape index (κ1) is 14.6. The molecule has 0 atom stereocenters. The molecule has 6 nitrogen and oxygen atoms in total. The second kappa shape index (κ2) is 5.45. The molecule has 0 amide bonds. The summed E-state index contributed by atoms with van der Waals surface area (Å²) in [6.07, 6.45) is 0. The van der Waals surface area contributed by atoms with Crippen LogP contribution in [-0.4, -0.2) is 35.7 Å². The van der Waals surface area contributed by atoms with Gasteiger partial charge < -0.3 is 14.2 Å². The molecule has 100 valence electrons. The lowest BCUT2D eigenvalue weighted by atomic mass is 10.2. The molecule has 0 heterocycles. The number of carbonyl (C=O) groups excluding carboxylic acids is 1. The molecule has 0 unspecified atom stereocenters. The summed E-state index contributed by atoms with van der Waals surface area (Å²) in [6.45, 7) is 0. The van der Waals surface area contributed by atoms with Gasteiger partial charge in [0.2, 0.25) is 0 Å². The predicted molar refractivity (Wildman–Crippen MR) is 63.9 cm³/mol. The molecular formula is C10H11ClO6S. The minimum atomic E-state index is -4.07. The van der Waals surface area contributed by atoms with E-state index in [1.54, 1.807) is 0 Å². The molecule has 0 radical (unpaired) electrons. The molecule has 0 aliphatic rings. The van der Waals surface area contributed by atoms with Crippen molar-refractivity contribution in [2.75, 3.05) is 21.3 Å². The lowest BCUT2D eigenvalue weighted by molar-refractivity contribution is 0.0599. The largest absolute Gasteiger partial charge is 0.495 e. The van der Waals surface area contributed by atoms with Gasteiger partial charge in [-0.15, -0.1) is 0 Å². The van der Waals surface area contributed by atoms with Crippen LogP contribution in [-0.2, 0) is 13.8 Å². The first-order valence-electron chi connectivity index (χ1n) is 4.64. The predicted octanol–water partition coefficient (Wildman–Crippen LogP) is 1.42. The molecule has 0 aliphatic heterocycles. The summed E-state index contributed by atoms with van der Waals surface area (Å²) in [5, 5.41) is 0. The van der Waals surface area contributed by atoms with Gasteiger partial charge in [-0.05, 0) is 12.1 Å². The topological polar surface area (TPSA) is 78.9 Å². The molecule has 0 saturated carbocycles. The Morgan fingerprint density at radius 3 is 1.83 bits per heavy atom. The van der Waals surface area contributed by atoms with Crippen LogP contribution in [0.25, 0.3) is 0 Å². The summed E-state index contributed by atoms with van der Waals surface area (Å²) in [5.41, 5.74) is 0.0928. The fourth-order valence-corrected chi connectivity index (χ4v) is 2.58. The number of rotatable bonds is 4. The molecule has 1 rings (SSSR count). The van der Waals surface area contributed by atoms with Crippen molar-refractivity contribution in [2.24, 2.45) is 0 Å². The van der Waals surface area contributed by atoms with Gasteiger partial charge in [-0.25, -0.2) is 13.2 Å². The molecule has 0 fully saturated rings. The number of hydrogen-bond donors (Lipinski definition) is 0. The highest BCUT2D eigenvalue weighted by atomic mass is 35.7. The van der Waals surface area contributed by atoms with Gasteiger partial charge in [0.05, 0.1) is 26.9 Å². The van der Waals surface area contributed by atoms with E-state index >= 15 is 0 Å². The summed E-state index contributed by atoms with van der Waals surface area (Å²) in [6, 6.07) is 2.42. The Bertz CT molecular complexity index is 541. The van der Waals surface area contributed by atoms with E-state index in [0.717, 1.165) is 0 Å². The van der Waals surface area contributed by atoms with E-state index in [1.807, 2.05) is 0 Å². The van der Waals surface area contributed by atoms with E-state index in [9.17, 15) is 13.2 Å². The Hall–Kier alpha value is -1.47. The zero-order valence-corrected chi connectivity index (χ0v) is 11.5. The fourth-order valence-electron chi connectivity index (χ4n) is 1.36. The third-order valence-corrected chi connectivity index (χ3v) is 3.48. The molecule has 0 aromatic heterocycles. The van der Waals surface area contributed by atoms with Gasteiger partial charge in [-0.1, -0.05) is 0 Å². The van der Waals surface area contributed by atoms with Crippen LogP contribution < -0.4 is 9.47 Å². The summed E-state index contributed by atoms with van der Waals surface area (Å²) >= 11 is 0. The lowest BCUT2D eigenvalue weighted by Gasteiger charge is -2.12.